The first-order valence-corrected chi connectivity index (χ1v) is 7.62. The fraction of sp³-hybridized carbons (Fsp3) is 0.0625. The molecule has 0 fully saturated rings. The van der Waals surface area contributed by atoms with Gasteiger partial charge in [0.2, 0.25) is 11.6 Å². The second-order valence-electron chi connectivity index (χ2n) is 5.15. The molecule has 1 aromatic carbocycles. The van der Waals surface area contributed by atoms with E-state index in [2.05, 4.69) is 25.6 Å². The van der Waals surface area contributed by atoms with E-state index in [1.165, 1.54) is 6.33 Å². The maximum atomic E-state index is 11.5. The molecule has 0 amide bonds. The number of rotatable bonds is 5. The fourth-order valence-corrected chi connectivity index (χ4v) is 2.19. The molecule has 8 nitrogen and oxygen atoms in total. The summed E-state index contributed by atoms with van der Waals surface area (Å²) in [6.07, 6.45) is 2.89. The second-order valence-corrected chi connectivity index (χ2v) is 5.59. The fourth-order valence-electron chi connectivity index (χ4n) is 2.07. The Hall–Kier alpha value is -3.26. The lowest BCUT2D eigenvalue weighted by Gasteiger charge is -2.10. The van der Waals surface area contributed by atoms with Crippen LogP contribution in [-0.2, 0) is 0 Å². The van der Waals surface area contributed by atoms with Crippen LogP contribution in [0.15, 0.2) is 48.9 Å². The van der Waals surface area contributed by atoms with E-state index in [1.807, 2.05) is 13.0 Å². The van der Waals surface area contributed by atoms with E-state index in [4.69, 9.17) is 11.6 Å². The van der Waals surface area contributed by atoms with Gasteiger partial charge in [0.1, 0.15) is 12.1 Å². The molecule has 9 heteroatoms. The summed E-state index contributed by atoms with van der Waals surface area (Å²) in [6, 6.07) is 10.3. The molecule has 0 aliphatic heterocycles. The summed E-state index contributed by atoms with van der Waals surface area (Å²) in [5.41, 5.74) is 1.32. The van der Waals surface area contributed by atoms with Gasteiger partial charge in [-0.15, -0.1) is 0 Å². The van der Waals surface area contributed by atoms with Crippen molar-refractivity contribution in [3.63, 3.8) is 0 Å². The van der Waals surface area contributed by atoms with Crippen LogP contribution in [0, 0.1) is 17.0 Å². The number of pyridine rings is 1. The van der Waals surface area contributed by atoms with Crippen molar-refractivity contribution in [2.45, 2.75) is 6.92 Å². The van der Waals surface area contributed by atoms with Gasteiger partial charge in [-0.05, 0) is 42.8 Å². The highest BCUT2D eigenvalue weighted by atomic mass is 35.5. The molecule has 0 radical (unpaired) electrons. The van der Waals surface area contributed by atoms with E-state index < -0.39 is 4.92 Å². The van der Waals surface area contributed by atoms with Gasteiger partial charge in [0, 0.05) is 16.9 Å². The monoisotopic (exact) mass is 356 g/mol. The molecule has 2 aromatic heterocycles. The van der Waals surface area contributed by atoms with Crippen LogP contribution >= 0.6 is 11.6 Å². The number of halogens is 1. The van der Waals surface area contributed by atoms with Crippen molar-refractivity contribution in [3.8, 4) is 0 Å². The summed E-state index contributed by atoms with van der Waals surface area (Å²) in [7, 11) is 0. The van der Waals surface area contributed by atoms with Gasteiger partial charge in [-0.25, -0.2) is 15.0 Å². The molecule has 126 valence electrons. The Balaban J connectivity index is 1.94. The Kier molecular flexibility index (Phi) is 4.71. The van der Waals surface area contributed by atoms with Crippen LogP contribution in [0.3, 0.4) is 0 Å². The van der Waals surface area contributed by atoms with Crippen molar-refractivity contribution < 1.29 is 4.92 Å². The van der Waals surface area contributed by atoms with Gasteiger partial charge in [-0.2, -0.15) is 0 Å². The number of benzene rings is 1. The van der Waals surface area contributed by atoms with Gasteiger partial charge in [0.05, 0.1) is 4.92 Å². The SMILES string of the molecule is Cc1ccc(Nc2ncnc(Nc3ccc(Cl)cc3)c2[N+](=O)[O-])nc1. The number of aromatic nitrogens is 3. The maximum absolute atomic E-state index is 11.5. The Morgan fingerprint density at radius 3 is 2.28 bits per heavy atom. The Morgan fingerprint density at radius 1 is 1.00 bits per heavy atom. The quantitative estimate of drug-likeness (QED) is 0.520. The van der Waals surface area contributed by atoms with Crippen molar-refractivity contribution in [1.82, 2.24) is 15.0 Å². The van der Waals surface area contributed by atoms with E-state index in [1.54, 1.807) is 36.5 Å². The first kappa shape index (κ1) is 16.6. The lowest BCUT2D eigenvalue weighted by Crippen LogP contribution is -2.06. The number of aryl methyl sites for hydroxylation is 1. The molecule has 3 rings (SSSR count). The molecule has 0 saturated heterocycles. The van der Waals surface area contributed by atoms with Crippen LogP contribution in [-0.4, -0.2) is 19.9 Å². The van der Waals surface area contributed by atoms with Crippen LogP contribution in [0.25, 0.3) is 0 Å². The van der Waals surface area contributed by atoms with Crippen molar-refractivity contribution in [2.24, 2.45) is 0 Å². The van der Waals surface area contributed by atoms with Gasteiger partial charge in [0.15, 0.2) is 0 Å². The Morgan fingerprint density at radius 2 is 1.68 bits per heavy atom. The highest BCUT2D eigenvalue weighted by Crippen LogP contribution is 2.32. The predicted octanol–water partition coefficient (Wildman–Crippen LogP) is 4.23. The molecule has 0 bridgehead atoms. The predicted molar refractivity (Wildman–Crippen MR) is 95.7 cm³/mol. The third-order valence-electron chi connectivity index (χ3n) is 3.27. The summed E-state index contributed by atoms with van der Waals surface area (Å²) in [5.74, 6) is 0.564. The minimum absolute atomic E-state index is 0.0489. The number of nitrogens with one attached hydrogen (secondary N) is 2. The third kappa shape index (κ3) is 3.99. The third-order valence-corrected chi connectivity index (χ3v) is 3.52. The summed E-state index contributed by atoms with van der Waals surface area (Å²) in [5, 5.41) is 17.9. The first-order valence-electron chi connectivity index (χ1n) is 7.24. The van der Waals surface area contributed by atoms with E-state index in [0.717, 1.165) is 5.56 Å². The van der Waals surface area contributed by atoms with Gasteiger partial charge >= 0.3 is 5.69 Å². The van der Waals surface area contributed by atoms with Crippen molar-refractivity contribution in [1.29, 1.82) is 0 Å². The van der Waals surface area contributed by atoms with Crippen molar-refractivity contribution >= 4 is 40.4 Å². The van der Waals surface area contributed by atoms with Crippen LogP contribution in [0.2, 0.25) is 5.02 Å². The second kappa shape index (κ2) is 7.10. The van der Waals surface area contributed by atoms with Crippen LogP contribution < -0.4 is 10.6 Å². The largest absolute Gasteiger partial charge is 0.353 e. The average Bonchev–Trinajstić information content (AvgIpc) is 2.59. The van der Waals surface area contributed by atoms with Crippen LogP contribution in [0.4, 0.5) is 28.8 Å². The normalized spacial score (nSPS) is 10.3. The maximum Gasteiger partial charge on any atom is 0.353 e. The Labute approximate surface area is 148 Å². The van der Waals surface area contributed by atoms with Gasteiger partial charge in [0.25, 0.3) is 0 Å². The summed E-state index contributed by atoms with van der Waals surface area (Å²) < 4.78 is 0. The molecule has 0 aliphatic rings. The molecule has 0 spiro atoms. The highest BCUT2D eigenvalue weighted by molar-refractivity contribution is 6.30. The average molecular weight is 357 g/mol. The van der Waals surface area contributed by atoms with Gasteiger partial charge in [-0.1, -0.05) is 17.7 Å². The molecular formula is C16H13ClN6O2. The molecule has 0 saturated carbocycles. The van der Waals surface area contributed by atoms with E-state index >= 15 is 0 Å². The molecule has 2 heterocycles. The van der Waals surface area contributed by atoms with Crippen LogP contribution in [0.1, 0.15) is 5.56 Å². The van der Waals surface area contributed by atoms with Gasteiger partial charge in [-0.3, -0.25) is 10.1 Å². The molecule has 2 N–H and O–H groups in total. The molecule has 0 unspecified atom stereocenters. The minimum atomic E-state index is -0.547. The molecular weight excluding hydrogens is 344 g/mol. The zero-order valence-electron chi connectivity index (χ0n) is 13.1. The molecule has 0 aliphatic carbocycles. The van der Waals surface area contributed by atoms with Crippen molar-refractivity contribution in [3.05, 3.63) is 69.6 Å². The molecule has 25 heavy (non-hydrogen) atoms. The first-order chi connectivity index (χ1) is 12.0. The zero-order chi connectivity index (χ0) is 17.8. The van der Waals surface area contributed by atoms with E-state index in [0.29, 0.717) is 16.5 Å². The summed E-state index contributed by atoms with van der Waals surface area (Å²) in [6.45, 7) is 1.90. The lowest BCUT2D eigenvalue weighted by atomic mass is 10.3. The summed E-state index contributed by atoms with van der Waals surface area (Å²) >= 11 is 5.84. The number of hydrogen-bond acceptors (Lipinski definition) is 7. The topological polar surface area (TPSA) is 106 Å². The number of anilines is 4. The number of hydrogen-bond donors (Lipinski definition) is 2. The number of nitro groups is 1. The zero-order valence-corrected chi connectivity index (χ0v) is 13.9. The Bertz CT molecular complexity index is 834. The minimum Gasteiger partial charge on any atom is -0.334 e. The highest BCUT2D eigenvalue weighted by Gasteiger charge is 2.23. The lowest BCUT2D eigenvalue weighted by molar-refractivity contribution is -0.383. The molecule has 3 aromatic rings. The van der Waals surface area contributed by atoms with Crippen molar-refractivity contribution in [2.75, 3.05) is 10.6 Å². The van der Waals surface area contributed by atoms with Gasteiger partial charge < -0.3 is 10.6 Å². The standard InChI is InChI=1S/C16H13ClN6O2/c1-10-2-7-13(18-8-10)22-16-14(23(24)25)15(19-9-20-16)21-12-5-3-11(17)4-6-12/h2-9H,1H3,(H2,18,19,20,21,22). The van der Waals surface area contributed by atoms with E-state index in [-0.39, 0.29) is 17.3 Å². The number of nitrogens with zero attached hydrogens (tertiary/aromatic N) is 4. The molecule has 0 atom stereocenters. The smallest absolute Gasteiger partial charge is 0.334 e. The van der Waals surface area contributed by atoms with Crippen LogP contribution in [0.5, 0.6) is 0 Å². The summed E-state index contributed by atoms with van der Waals surface area (Å²) in [4.78, 5) is 23.1. The van der Waals surface area contributed by atoms with E-state index in [9.17, 15) is 10.1 Å².